The number of imide groups is 1. The van der Waals surface area contributed by atoms with Crippen molar-refractivity contribution in [1.29, 1.82) is 0 Å². The summed E-state index contributed by atoms with van der Waals surface area (Å²) in [5.74, 6) is 0.528. The number of amides is 3. The second kappa shape index (κ2) is 14.5. The molecule has 3 aromatic carbocycles. The zero-order chi connectivity index (χ0) is 28.3. The van der Waals surface area contributed by atoms with Crippen molar-refractivity contribution in [1.82, 2.24) is 10.2 Å². The minimum Gasteiger partial charge on any atom is -0.489 e. The van der Waals surface area contributed by atoms with E-state index < -0.39 is 0 Å². The Morgan fingerprint density at radius 3 is 2.35 bits per heavy atom. The summed E-state index contributed by atoms with van der Waals surface area (Å²) in [6.45, 7) is 3.09. The van der Waals surface area contributed by atoms with Crippen LogP contribution in [0.3, 0.4) is 0 Å². The Hall–Kier alpha value is -3.84. The normalized spacial score (nSPS) is 13.9. The summed E-state index contributed by atoms with van der Waals surface area (Å²) in [6, 6.07) is 23.9. The molecule has 0 atom stereocenters. The van der Waals surface area contributed by atoms with Gasteiger partial charge in [-0.15, -0.1) is 0 Å². The van der Waals surface area contributed by atoms with Crippen LogP contribution in [0.25, 0.3) is 17.2 Å². The van der Waals surface area contributed by atoms with Crippen molar-refractivity contribution in [2.75, 3.05) is 7.05 Å². The highest BCUT2D eigenvalue weighted by Crippen LogP contribution is 2.30. The van der Waals surface area contributed by atoms with Crippen molar-refractivity contribution >= 4 is 34.9 Å². The fourth-order valence-electron chi connectivity index (χ4n) is 4.52. The first-order chi connectivity index (χ1) is 19.4. The minimum atomic E-state index is -0.366. The summed E-state index contributed by atoms with van der Waals surface area (Å²) in [5.41, 5.74) is 4.87. The highest BCUT2D eigenvalue weighted by Gasteiger charge is 2.24. The van der Waals surface area contributed by atoms with Gasteiger partial charge in [0.25, 0.3) is 11.1 Å². The van der Waals surface area contributed by atoms with Crippen LogP contribution in [0.1, 0.15) is 62.1 Å². The van der Waals surface area contributed by atoms with Gasteiger partial charge in [0.05, 0.1) is 4.91 Å². The summed E-state index contributed by atoms with van der Waals surface area (Å²) in [4.78, 5) is 38.4. The molecule has 0 spiro atoms. The van der Waals surface area contributed by atoms with Gasteiger partial charge >= 0.3 is 0 Å². The Labute approximate surface area is 240 Å². The van der Waals surface area contributed by atoms with Crippen LogP contribution < -0.4 is 10.1 Å². The first-order valence-electron chi connectivity index (χ1n) is 13.8. The summed E-state index contributed by atoms with van der Waals surface area (Å²) < 4.78 is 6.22. The summed E-state index contributed by atoms with van der Waals surface area (Å²) >= 11 is 0.907. The summed E-state index contributed by atoms with van der Waals surface area (Å²) in [7, 11) is 1.85. The molecular formula is C33H36N2O4S. The molecule has 0 bridgehead atoms. The van der Waals surface area contributed by atoms with E-state index in [9.17, 15) is 14.4 Å². The smallest absolute Gasteiger partial charge is 0.290 e. The van der Waals surface area contributed by atoms with Gasteiger partial charge in [0, 0.05) is 25.6 Å². The van der Waals surface area contributed by atoms with Gasteiger partial charge in [-0.3, -0.25) is 19.7 Å². The lowest BCUT2D eigenvalue weighted by Gasteiger charge is -2.20. The standard InChI is InChI=1S/C33H36N2O4S/c1-3-4-5-6-10-13-31(36)35(2)22-28-21-27(18-19-29(28)39-23-25-11-8-7-9-12-25)26-16-14-24(15-17-26)20-30-32(37)34-33(38)40-30/h7-9,11-12,14-21H,3-6,10,13,22-23H2,1-2H3,(H,34,37,38). The van der Waals surface area contributed by atoms with Crippen LogP contribution in [0.5, 0.6) is 5.75 Å². The van der Waals surface area contributed by atoms with Gasteiger partial charge in [-0.1, -0.05) is 93.3 Å². The average molecular weight is 557 g/mol. The maximum absolute atomic E-state index is 12.9. The SMILES string of the molecule is CCCCCCCC(=O)N(C)Cc1cc(-c2ccc(C=C3SC(=O)NC3=O)cc2)ccc1OCc1ccccc1. The zero-order valence-corrected chi connectivity index (χ0v) is 24.0. The molecule has 40 heavy (non-hydrogen) atoms. The number of hydrogen-bond donors (Lipinski definition) is 1. The fraction of sp³-hybridized carbons (Fsp3) is 0.303. The lowest BCUT2D eigenvalue weighted by Crippen LogP contribution is -2.26. The molecule has 3 amide bonds. The molecule has 7 heteroatoms. The van der Waals surface area contributed by atoms with E-state index in [2.05, 4.69) is 18.3 Å². The molecule has 1 N–H and O–H groups in total. The molecule has 0 radical (unpaired) electrons. The predicted molar refractivity (Wildman–Crippen MR) is 162 cm³/mol. The largest absolute Gasteiger partial charge is 0.489 e. The lowest BCUT2D eigenvalue weighted by atomic mass is 10.0. The predicted octanol–water partition coefficient (Wildman–Crippen LogP) is 7.58. The van der Waals surface area contributed by atoms with Crippen molar-refractivity contribution in [2.45, 2.75) is 58.6 Å². The van der Waals surface area contributed by atoms with Crippen LogP contribution in [-0.2, 0) is 22.7 Å². The fourth-order valence-corrected chi connectivity index (χ4v) is 5.20. The van der Waals surface area contributed by atoms with Crippen LogP contribution in [0.2, 0.25) is 0 Å². The molecule has 0 saturated carbocycles. The molecule has 1 aliphatic rings. The first kappa shape index (κ1) is 29.2. The van der Waals surface area contributed by atoms with Gasteiger partial charge in [0.2, 0.25) is 5.91 Å². The molecule has 4 rings (SSSR count). The van der Waals surface area contributed by atoms with Crippen molar-refractivity contribution in [3.63, 3.8) is 0 Å². The van der Waals surface area contributed by atoms with E-state index in [1.165, 1.54) is 19.3 Å². The third-order valence-corrected chi connectivity index (χ3v) is 7.62. The van der Waals surface area contributed by atoms with Crippen molar-refractivity contribution in [3.8, 4) is 16.9 Å². The monoisotopic (exact) mass is 556 g/mol. The summed E-state index contributed by atoms with van der Waals surface area (Å²) in [6.07, 6.45) is 7.84. The Kier molecular flexibility index (Phi) is 10.6. The molecule has 1 fully saturated rings. The van der Waals surface area contributed by atoms with Crippen LogP contribution in [-0.4, -0.2) is 29.0 Å². The minimum absolute atomic E-state index is 0.139. The number of rotatable bonds is 13. The number of benzene rings is 3. The van der Waals surface area contributed by atoms with Crippen LogP contribution in [0, 0.1) is 0 Å². The molecular weight excluding hydrogens is 520 g/mol. The maximum Gasteiger partial charge on any atom is 0.290 e. The van der Waals surface area contributed by atoms with Crippen molar-refractivity contribution < 1.29 is 19.1 Å². The zero-order valence-electron chi connectivity index (χ0n) is 23.2. The topological polar surface area (TPSA) is 75.7 Å². The van der Waals surface area contributed by atoms with Gasteiger partial charge in [-0.05, 0) is 58.6 Å². The number of hydrogen-bond acceptors (Lipinski definition) is 5. The maximum atomic E-state index is 12.9. The molecule has 1 heterocycles. The van der Waals surface area contributed by atoms with E-state index in [4.69, 9.17) is 4.74 Å². The number of ether oxygens (including phenoxy) is 1. The third-order valence-electron chi connectivity index (χ3n) is 6.81. The lowest BCUT2D eigenvalue weighted by molar-refractivity contribution is -0.130. The number of nitrogens with one attached hydrogen (secondary N) is 1. The first-order valence-corrected chi connectivity index (χ1v) is 14.6. The molecule has 1 aliphatic heterocycles. The quantitative estimate of drug-likeness (QED) is 0.174. The van der Waals surface area contributed by atoms with E-state index in [1.54, 1.807) is 11.0 Å². The van der Waals surface area contributed by atoms with Crippen molar-refractivity contribution in [2.24, 2.45) is 0 Å². The van der Waals surface area contributed by atoms with Crippen LogP contribution >= 0.6 is 11.8 Å². The van der Waals surface area contributed by atoms with Gasteiger partial charge in [0.15, 0.2) is 0 Å². The highest BCUT2D eigenvalue weighted by molar-refractivity contribution is 8.18. The Morgan fingerprint density at radius 1 is 0.925 bits per heavy atom. The van der Waals surface area contributed by atoms with E-state index in [0.29, 0.717) is 24.5 Å². The molecule has 6 nitrogen and oxygen atoms in total. The van der Waals surface area contributed by atoms with Crippen LogP contribution in [0.4, 0.5) is 4.79 Å². The Balaban J connectivity index is 1.50. The number of nitrogens with zero attached hydrogens (tertiary/aromatic N) is 1. The molecule has 208 valence electrons. The van der Waals surface area contributed by atoms with E-state index in [0.717, 1.165) is 58.2 Å². The highest BCUT2D eigenvalue weighted by atomic mass is 32.2. The van der Waals surface area contributed by atoms with E-state index in [-0.39, 0.29) is 17.1 Å². The number of carbonyl (C=O) groups is 3. The second-order valence-corrected chi connectivity index (χ2v) is 11.0. The van der Waals surface area contributed by atoms with Gasteiger partial charge < -0.3 is 9.64 Å². The van der Waals surface area contributed by atoms with Gasteiger partial charge in [0.1, 0.15) is 12.4 Å². The Bertz CT molecular complexity index is 1350. The number of unbranched alkanes of at least 4 members (excludes halogenated alkanes) is 4. The van der Waals surface area contributed by atoms with E-state index >= 15 is 0 Å². The van der Waals surface area contributed by atoms with Crippen LogP contribution in [0.15, 0.2) is 77.7 Å². The average Bonchev–Trinajstić information content (AvgIpc) is 3.28. The third kappa shape index (κ3) is 8.33. The number of carbonyl (C=O) groups excluding carboxylic acids is 3. The Morgan fingerprint density at radius 2 is 1.65 bits per heavy atom. The van der Waals surface area contributed by atoms with Gasteiger partial charge in [-0.2, -0.15) is 0 Å². The van der Waals surface area contributed by atoms with Gasteiger partial charge in [-0.25, -0.2) is 0 Å². The molecule has 1 saturated heterocycles. The number of thioether (sulfide) groups is 1. The van der Waals surface area contributed by atoms with E-state index in [1.807, 2.05) is 73.8 Å². The van der Waals surface area contributed by atoms with Crippen molar-refractivity contribution in [3.05, 3.63) is 94.4 Å². The summed E-state index contributed by atoms with van der Waals surface area (Å²) in [5, 5.41) is 1.92. The second-order valence-electron chi connectivity index (χ2n) is 9.99. The molecule has 3 aromatic rings. The molecule has 0 aliphatic carbocycles. The molecule has 0 unspecified atom stereocenters. The molecule has 0 aromatic heterocycles.